The van der Waals surface area contributed by atoms with E-state index in [0.717, 1.165) is 28.7 Å². The third kappa shape index (κ3) is 2.81. The van der Waals surface area contributed by atoms with Gasteiger partial charge in [0.05, 0.1) is 6.61 Å². The Bertz CT molecular complexity index is 885. The first kappa shape index (κ1) is 16.6. The van der Waals surface area contributed by atoms with E-state index in [-0.39, 0.29) is 11.9 Å². The lowest BCUT2D eigenvalue weighted by molar-refractivity contribution is -0.145. The molecule has 1 aliphatic heterocycles. The molecule has 1 amide bonds. The summed E-state index contributed by atoms with van der Waals surface area (Å²) in [5, 5.41) is 0. The van der Waals surface area contributed by atoms with Crippen molar-refractivity contribution in [2.45, 2.75) is 25.8 Å². The molecule has 2 aromatic carbocycles. The van der Waals surface area contributed by atoms with Crippen LogP contribution in [0.3, 0.4) is 0 Å². The molecule has 0 radical (unpaired) electrons. The molecule has 1 heterocycles. The van der Waals surface area contributed by atoms with Crippen LogP contribution >= 0.6 is 0 Å². The third-order valence-electron chi connectivity index (χ3n) is 5.08. The lowest BCUT2D eigenvalue weighted by Gasteiger charge is -2.25. The van der Waals surface area contributed by atoms with Crippen molar-refractivity contribution in [3.05, 3.63) is 82.4 Å². The number of nitrogens with zero attached hydrogens (tertiary/aromatic N) is 1. The van der Waals surface area contributed by atoms with Crippen molar-refractivity contribution in [1.82, 2.24) is 4.90 Å². The minimum atomic E-state index is -0.608. The minimum Gasteiger partial charge on any atom is -0.465 e. The summed E-state index contributed by atoms with van der Waals surface area (Å²) in [5.74, 6) is -0.985. The summed E-state index contributed by atoms with van der Waals surface area (Å²) < 4.78 is 5.30. The number of carbonyl (C=O) groups is 2. The normalized spacial score (nSPS) is 18.6. The van der Waals surface area contributed by atoms with Crippen molar-refractivity contribution >= 4 is 11.9 Å². The third-order valence-corrected chi connectivity index (χ3v) is 5.08. The van der Waals surface area contributed by atoms with Crippen molar-refractivity contribution < 1.29 is 14.3 Å². The number of fused-ring (bicyclic) bond motifs is 1. The Kier molecular flexibility index (Phi) is 4.33. The summed E-state index contributed by atoms with van der Waals surface area (Å²) in [5.41, 5.74) is 4.77. The van der Waals surface area contributed by atoms with Gasteiger partial charge in [0.1, 0.15) is 5.92 Å². The fourth-order valence-corrected chi connectivity index (χ4v) is 3.95. The van der Waals surface area contributed by atoms with Crippen LogP contribution in [0.15, 0.2) is 65.7 Å². The molecule has 4 nitrogen and oxygen atoms in total. The van der Waals surface area contributed by atoms with Gasteiger partial charge < -0.3 is 9.64 Å². The maximum Gasteiger partial charge on any atom is 0.318 e. The molecule has 0 saturated heterocycles. The van der Waals surface area contributed by atoms with Crippen LogP contribution in [0.25, 0.3) is 0 Å². The molecule has 0 saturated carbocycles. The Morgan fingerprint density at radius 1 is 1.12 bits per heavy atom. The molecule has 0 N–H and O–H groups in total. The van der Waals surface area contributed by atoms with Crippen LogP contribution in [-0.2, 0) is 27.3 Å². The highest BCUT2D eigenvalue weighted by Gasteiger charge is 2.43. The molecular weight excluding hydrogens is 326 g/mol. The number of hydrogen-bond donors (Lipinski definition) is 0. The van der Waals surface area contributed by atoms with Gasteiger partial charge >= 0.3 is 5.97 Å². The van der Waals surface area contributed by atoms with E-state index in [1.165, 1.54) is 0 Å². The van der Waals surface area contributed by atoms with E-state index < -0.39 is 5.92 Å². The average Bonchev–Trinajstić information content (AvgIpc) is 2.96. The molecule has 1 unspecified atom stereocenters. The maximum absolute atomic E-state index is 13.1. The van der Waals surface area contributed by atoms with E-state index in [0.29, 0.717) is 25.3 Å². The molecule has 4 heteroatoms. The van der Waals surface area contributed by atoms with E-state index in [2.05, 4.69) is 0 Å². The number of esters is 1. The van der Waals surface area contributed by atoms with Crippen LogP contribution in [0.1, 0.15) is 29.5 Å². The van der Waals surface area contributed by atoms with E-state index in [9.17, 15) is 9.59 Å². The van der Waals surface area contributed by atoms with Gasteiger partial charge in [-0.05, 0) is 35.6 Å². The molecule has 0 spiro atoms. The number of hydrogen-bond acceptors (Lipinski definition) is 3. The second-order valence-electron chi connectivity index (χ2n) is 6.72. The van der Waals surface area contributed by atoms with E-state index >= 15 is 0 Å². The Morgan fingerprint density at radius 3 is 2.62 bits per heavy atom. The molecule has 1 atom stereocenters. The zero-order valence-corrected chi connectivity index (χ0v) is 14.8. The van der Waals surface area contributed by atoms with Gasteiger partial charge in [-0.15, -0.1) is 0 Å². The lowest BCUT2D eigenvalue weighted by atomic mass is 9.79. The van der Waals surface area contributed by atoms with Crippen molar-refractivity contribution in [1.29, 1.82) is 0 Å². The molecule has 0 bridgehead atoms. The number of carbonyl (C=O) groups excluding carboxylic acids is 2. The Labute approximate surface area is 153 Å². The fraction of sp³-hybridized carbons (Fsp3) is 0.273. The second-order valence-corrected chi connectivity index (χ2v) is 6.72. The second kappa shape index (κ2) is 6.79. The summed E-state index contributed by atoms with van der Waals surface area (Å²) in [4.78, 5) is 27.7. The van der Waals surface area contributed by atoms with Crippen LogP contribution in [0.2, 0.25) is 0 Å². The zero-order valence-electron chi connectivity index (χ0n) is 14.8. The van der Waals surface area contributed by atoms with Crippen LogP contribution in [0, 0.1) is 0 Å². The number of benzene rings is 2. The smallest absolute Gasteiger partial charge is 0.318 e. The van der Waals surface area contributed by atoms with Crippen molar-refractivity contribution in [3.63, 3.8) is 0 Å². The highest BCUT2D eigenvalue weighted by molar-refractivity contribution is 6.05. The zero-order chi connectivity index (χ0) is 18.1. The number of ether oxygens (including phenoxy) is 1. The SMILES string of the molecule is CCOC(=O)C1C2=C(Cc3ccccc31)CN(Cc1ccccc1)C2=O. The van der Waals surface area contributed by atoms with Gasteiger partial charge in [-0.3, -0.25) is 9.59 Å². The van der Waals surface area contributed by atoms with Gasteiger partial charge in [-0.2, -0.15) is 0 Å². The maximum atomic E-state index is 13.1. The fourth-order valence-electron chi connectivity index (χ4n) is 3.95. The lowest BCUT2D eigenvalue weighted by Crippen LogP contribution is -2.30. The van der Waals surface area contributed by atoms with Crippen molar-refractivity contribution in [2.75, 3.05) is 13.2 Å². The monoisotopic (exact) mass is 347 g/mol. The molecule has 132 valence electrons. The number of rotatable bonds is 4. The summed E-state index contributed by atoms with van der Waals surface area (Å²) in [7, 11) is 0. The van der Waals surface area contributed by atoms with Gasteiger partial charge in [-0.25, -0.2) is 0 Å². The minimum absolute atomic E-state index is 0.0450. The van der Waals surface area contributed by atoms with Gasteiger partial charge in [-0.1, -0.05) is 54.6 Å². The Morgan fingerprint density at radius 2 is 1.85 bits per heavy atom. The Hall–Kier alpha value is -2.88. The summed E-state index contributed by atoms with van der Waals surface area (Å²) >= 11 is 0. The highest BCUT2D eigenvalue weighted by atomic mass is 16.5. The predicted molar refractivity (Wildman–Crippen MR) is 98.4 cm³/mol. The topological polar surface area (TPSA) is 46.6 Å². The largest absolute Gasteiger partial charge is 0.465 e. The summed E-state index contributed by atoms with van der Waals surface area (Å²) in [6.45, 7) is 3.23. The molecule has 2 aliphatic rings. The number of amides is 1. The average molecular weight is 347 g/mol. The van der Waals surface area contributed by atoms with Gasteiger partial charge in [0.25, 0.3) is 5.91 Å². The highest BCUT2D eigenvalue weighted by Crippen LogP contribution is 2.41. The predicted octanol–water partition coefficient (Wildman–Crippen LogP) is 3.23. The van der Waals surface area contributed by atoms with Gasteiger partial charge in [0.15, 0.2) is 0 Å². The Balaban J connectivity index is 1.68. The van der Waals surface area contributed by atoms with Gasteiger partial charge in [0, 0.05) is 18.7 Å². The molecule has 26 heavy (non-hydrogen) atoms. The molecule has 4 rings (SSSR count). The quantitative estimate of drug-likeness (QED) is 0.798. The van der Waals surface area contributed by atoms with E-state index in [4.69, 9.17) is 4.74 Å². The molecular formula is C22H21NO3. The molecule has 1 aliphatic carbocycles. The van der Waals surface area contributed by atoms with Crippen molar-refractivity contribution in [2.24, 2.45) is 0 Å². The summed E-state index contributed by atoms with van der Waals surface area (Å²) in [6, 6.07) is 17.8. The van der Waals surface area contributed by atoms with Crippen LogP contribution < -0.4 is 0 Å². The van der Waals surface area contributed by atoms with Crippen molar-refractivity contribution in [3.8, 4) is 0 Å². The molecule has 0 aromatic heterocycles. The van der Waals surface area contributed by atoms with E-state index in [1.54, 1.807) is 6.92 Å². The van der Waals surface area contributed by atoms with Crippen LogP contribution in [0.4, 0.5) is 0 Å². The molecule has 2 aromatic rings. The molecule has 0 fully saturated rings. The summed E-state index contributed by atoms with van der Waals surface area (Å²) in [6.07, 6.45) is 0.721. The standard InChI is InChI=1S/C22H21NO3/c1-2-26-22(25)20-18-11-7-6-10-16(18)12-17-14-23(21(24)19(17)20)13-15-8-4-3-5-9-15/h3-11,20H,2,12-14H2,1H3. The first-order valence-electron chi connectivity index (χ1n) is 8.98. The van der Waals surface area contributed by atoms with Gasteiger partial charge in [0.2, 0.25) is 0 Å². The first-order chi connectivity index (χ1) is 12.7. The van der Waals surface area contributed by atoms with Crippen LogP contribution in [0.5, 0.6) is 0 Å². The van der Waals surface area contributed by atoms with Crippen LogP contribution in [-0.4, -0.2) is 29.9 Å². The first-order valence-corrected chi connectivity index (χ1v) is 8.98. The van der Waals surface area contributed by atoms with E-state index in [1.807, 2.05) is 59.5 Å².